The molecule has 6 nitrogen and oxygen atoms in total. The molecule has 0 aliphatic rings. The quantitative estimate of drug-likeness (QED) is 0.390. The van der Waals surface area contributed by atoms with Crippen LogP contribution in [0.3, 0.4) is 0 Å². The van der Waals surface area contributed by atoms with Gasteiger partial charge in [-0.05, 0) is 48.5 Å². The number of hydrogen-bond acceptors (Lipinski definition) is 5. The molecule has 0 saturated heterocycles. The molecule has 4 aromatic rings. The molecule has 0 spiro atoms. The minimum absolute atomic E-state index is 0.0969. The fraction of sp³-hybridized carbons (Fsp3) is 0.0435. The number of rotatable bonds is 6. The minimum atomic E-state index is -3.74. The molecule has 4 rings (SSSR count). The van der Waals surface area contributed by atoms with Crippen molar-refractivity contribution in [3.63, 3.8) is 0 Å². The Balaban J connectivity index is 1.47. The second kappa shape index (κ2) is 9.12. The predicted octanol–water partition coefficient (Wildman–Crippen LogP) is 5.54. The van der Waals surface area contributed by atoms with Crippen LogP contribution in [0.15, 0.2) is 89.1 Å². The van der Waals surface area contributed by atoms with Crippen LogP contribution in [0.5, 0.6) is 0 Å². The van der Waals surface area contributed by atoms with E-state index >= 15 is 0 Å². The summed E-state index contributed by atoms with van der Waals surface area (Å²) in [6.07, 6.45) is 0. The highest BCUT2D eigenvalue weighted by molar-refractivity contribution is 7.92. The lowest BCUT2D eigenvalue weighted by atomic mass is 10.2. The number of carbonyl (C=O) groups excluding carboxylic acids is 1. The number of amides is 1. The Morgan fingerprint density at radius 2 is 1.62 bits per heavy atom. The van der Waals surface area contributed by atoms with E-state index in [0.717, 1.165) is 11.3 Å². The average Bonchev–Trinajstić information content (AvgIpc) is 3.28. The summed E-state index contributed by atoms with van der Waals surface area (Å²) in [5.74, 6) is -0.373. The molecule has 0 atom stereocenters. The topological polar surface area (TPSA) is 79.4 Å². The first-order valence-corrected chi connectivity index (χ1v) is 12.2. The van der Waals surface area contributed by atoms with Gasteiger partial charge in [0.1, 0.15) is 0 Å². The summed E-state index contributed by atoms with van der Waals surface area (Å²) in [7, 11) is -2.25. The Hall–Kier alpha value is -3.20. The molecule has 0 aliphatic carbocycles. The van der Waals surface area contributed by atoms with Gasteiger partial charge in [-0.1, -0.05) is 41.9 Å². The van der Waals surface area contributed by atoms with Gasteiger partial charge in [0.2, 0.25) is 0 Å². The lowest BCUT2D eigenvalue weighted by Gasteiger charge is -2.19. The smallest absolute Gasteiger partial charge is 0.264 e. The van der Waals surface area contributed by atoms with E-state index in [1.165, 1.54) is 47.0 Å². The van der Waals surface area contributed by atoms with Crippen LogP contribution in [-0.2, 0) is 10.0 Å². The third-order valence-corrected chi connectivity index (χ3v) is 7.57. The van der Waals surface area contributed by atoms with Crippen molar-refractivity contribution in [3.8, 4) is 11.3 Å². The fourth-order valence-electron chi connectivity index (χ4n) is 2.97. The molecule has 3 aromatic carbocycles. The van der Waals surface area contributed by atoms with Crippen LogP contribution in [0.4, 0.5) is 10.8 Å². The summed E-state index contributed by atoms with van der Waals surface area (Å²) < 4.78 is 26.9. The first kappa shape index (κ1) is 22.0. The maximum atomic E-state index is 12.9. The summed E-state index contributed by atoms with van der Waals surface area (Å²) in [6, 6.07) is 21.9. The number of carbonyl (C=O) groups is 1. The van der Waals surface area contributed by atoms with Gasteiger partial charge in [0.15, 0.2) is 5.13 Å². The molecule has 32 heavy (non-hydrogen) atoms. The number of sulfonamides is 1. The van der Waals surface area contributed by atoms with E-state index in [1.807, 2.05) is 23.6 Å². The molecule has 0 fully saturated rings. The predicted molar refractivity (Wildman–Crippen MR) is 129 cm³/mol. The average molecular weight is 484 g/mol. The first-order valence-electron chi connectivity index (χ1n) is 9.51. The van der Waals surface area contributed by atoms with Crippen LogP contribution in [-0.4, -0.2) is 26.4 Å². The number of anilines is 2. The fourth-order valence-corrected chi connectivity index (χ4v) is 5.00. The molecule has 0 aliphatic heterocycles. The van der Waals surface area contributed by atoms with E-state index in [0.29, 0.717) is 21.4 Å². The second-order valence-corrected chi connectivity index (χ2v) is 10.1. The lowest BCUT2D eigenvalue weighted by Crippen LogP contribution is -2.26. The summed E-state index contributed by atoms with van der Waals surface area (Å²) in [5, 5.41) is 5.67. The van der Waals surface area contributed by atoms with Crippen molar-refractivity contribution < 1.29 is 13.2 Å². The van der Waals surface area contributed by atoms with Crippen LogP contribution in [0, 0.1) is 0 Å². The van der Waals surface area contributed by atoms with Gasteiger partial charge in [-0.25, -0.2) is 13.4 Å². The van der Waals surface area contributed by atoms with Gasteiger partial charge < -0.3 is 0 Å². The van der Waals surface area contributed by atoms with Gasteiger partial charge in [0.25, 0.3) is 15.9 Å². The molecular weight excluding hydrogens is 466 g/mol. The number of para-hydroxylation sites is 1. The number of benzene rings is 3. The van der Waals surface area contributed by atoms with Crippen LogP contribution < -0.4 is 9.62 Å². The molecule has 0 radical (unpaired) electrons. The van der Waals surface area contributed by atoms with E-state index in [1.54, 1.807) is 36.4 Å². The molecule has 1 N–H and O–H groups in total. The Morgan fingerprint density at radius 1 is 0.969 bits per heavy atom. The zero-order valence-corrected chi connectivity index (χ0v) is 19.3. The third kappa shape index (κ3) is 4.67. The van der Waals surface area contributed by atoms with Crippen molar-refractivity contribution in [1.29, 1.82) is 0 Å². The van der Waals surface area contributed by atoms with Gasteiger partial charge >= 0.3 is 0 Å². The summed E-state index contributed by atoms with van der Waals surface area (Å²) in [5.41, 5.74) is 2.50. The highest BCUT2D eigenvalue weighted by atomic mass is 35.5. The largest absolute Gasteiger partial charge is 0.298 e. The maximum Gasteiger partial charge on any atom is 0.264 e. The molecule has 9 heteroatoms. The van der Waals surface area contributed by atoms with E-state index in [9.17, 15) is 13.2 Å². The molecule has 1 heterocycles. The van der Waals surface area contributed by atoms with Crippen molar-refractivity contribution in [1.82, 2.24) is 4.98 Å². The summed E-state index contributed by atoms with van der Waals surface area (Å²) >= 11 is 7.22. The number of thiazole rings is 1. The van der Waals surface area contributed by atoms with E-state index < -0.39 is 10.0 Å². The zero-order valence-electron chi connectivity index (χ0n) is 16.9. The van der Waals surface area contributed by atoms with Gasteiger partial charge in [-0.15, -0.1) is 11.3 Å². The van der Waals surface area contributed by atoms with Gasteiger partial charge in [-0.2, -0.15) is 0 Å². The Labute approximate surface area is 195 Å². The van der Waals surface area contributed by atoms with E-state index in [2.05, 4.69) is 10.3 Å². The van der Waals surface area contributed by atoms with Gasteiger partial charge in [0, 0.05) is 28.6 Å². The monoisotopic (exact) mass is 483 g/mol. The number of halogens is 1. The van der Waals surface area contributed by atoms with Crippen molar-refractivity contribution in [2.24, 2.45) is 0 Å². The molecule has 0 bridgehead atoms. The SMILES string of the molecule is CN(c1ccccc1)S(=O)(=O)c1ccc(C(=O)Nc2nc(-c3ccc(Cl)cc3)cs2)cc1. The van der Waals surface area contributed by atoms with Crippen molar-refractivity contribution in [2.45, 2.75) is 4.90 Å². The normalized spacial score (nSPS) is 11.2. The second-order valence-electron chi connectivity index (χ2n) is 6.83. The Morgan fingerprint density at radius 3 is 2.28 bits per heavy atom. The molecule has 1 aromatic heterocycles. The highest BCUT2D eigenvalue weighted by Crippen LogP contribution is 2.27. The molecular formula is C23H18ClN3O3S2. The zero-order chi connectivity index (χ0) is 22.7. The third-order valence-electron chi connectivity index (χ3n) is 4.76. The highest BCUT2D eigenvalue weighted by Gasteiger charge is 2.21. The molecule has 162 valence electrons. The summed E-state index contributed by atoms with van der Waals surface area (Å²) in [6.45, 7) is 0. The molecule has 0 unspecified atom stereocenters. The van der Waals surface area contributed by atoms with Crippen molar-refractivity contribution in [2.75, 3.05) is 16.7 Å². The number of nitrogens with one attached hydrogen (secondary N) is 1. The van der Waals surface area contributed by atoms with Crippen LogP contribution >= 0.6 is 22.9 Å². The van der Waals surface area contributed by atoms with Crippen LogP contribution in [0.25, 0.3) is 11.3 Å². The van der Waals surface area contributed by atoms with E-state index in [-0.39, 0.29) is 10.8 Å². The van der Waals surface area contributed by atoms with Crippen LogP contribution in [0.2, 0.25) is 5.02 Å². The minimum Gasteiger partial charge on any atom is -0.298 e. The standard InChI is InChI=1S/C23H18ClN3O3S2/c1-27(19-5-3-2-4-6-19)32(29,30)20-13-9-17(10-14-20)22(28)26-23-25-21(15-31-23)16-7-11-18(24)12-8-16/h2-15H,1H3,(H,25,26,28). The van der Waals surface area contributed by atoms with Crippen LogP contribution in [0.1, 0.15) is 10.4 Å². The lowest BCUT2D eigenvalue weighted by molar-refractivity contribution is 0.102. The number of nitrogens with zero attached hydrogens (tertiary/aromatic N) is 2. The van der Waals surface area contributed by atoms with Crippen molar-refractivity contribution >= 4 is 49.7 Å². The number of hydrogen-bond donors (Lipinski definition) is 1. The maximum absolute atomic E-state index is 12.9. The van der Waals surface area contributed by atoms with Gasteiger partial charge in [-0.3, -0.25) is 14.4 Å². The Bertz CT molecular complexity index is 1340. The molecule has 0 saturated carbocycles. The number of aromatic nitrogens is 1. The summed E-state index contributed by atoms with van der Waals surface area (Å²) in [4.78, 5) is 17.1. The van der Waals surface area contributed by atoms with Gasteiger partial charge in [0.05, 0.1) is 16.3 Å². The Kier molecular flexibility index (Phi) is 6.27. The molecule has 1 amide bonds. The first-order chi connectivity index (χ1) is 15.3. The van der Waals surface area contributed by atoms with E-state index in [4.69, 9.17) is 11.6 Å². The van der Waals surface area contributed by atoms with Crippen molar-refractivity contribution in [3.05, 3.63) is 94.8 Å².